The van der Waals surface area contributed by atoms with Crippen molar-refractivity contribution in [3.63, 3.8) is 0 Å². The lowest BCUT2D eigenvalue weighted by molar-refractivity contribution is 1.12. The minimum absolute atomic E-state index is 0.436. The molecule has 3 heterocycles. The summed E-state index contributed by atoms with van der Waals surface area (Å²) in [5.74, 6) is 0. The molecule has 0 aliphatic carbocycles. The van der Waals surface area contributed by atoms with Crippen LogP contribution in [0.3, 0.4) is 0 Å². The quantitative estimate of drug-likeness (QED) is 0.187. The van der Waals surface area contributed by atoms with Crippen LogP contribution < -0.4 is 0 Å². The molecule has 0 fully saturated rings. The van der Waals surface area contributed by atoms with E-state index < -0.39 is 0 Å². The minimum atomic E-state index is 0.436. The Morgan fingerprint density at radius 2 is 0.792 bits per heavy atom. The van der Waals surface area contributed by atoms with Gasteiger partial charge in [-0.15, -0.1) is 0 Å². The maximum Gasteiger partial charge on any atom is 0.101 e. The van der Waals surface area contributed by atoms with Crippen LogP contribution in [0.5, 0.6) is 0 Å². The number of nitriles is 2. The zero-order chi connectivity index (χ0) is 35.2. The number of rotatable bonds is 3. The number of hydrogen-bond acceptors (Lipinski definition) is 2. The fourth-order valence-electron chi connectivity index (χ4n) is 8.69. The van der Waals surface area contributed by atoms with Gasteiger partial charge in [-0.05, 0) is 71.4 Å². The fraction of sp³-hybridized carbons (Fsp3) is 0. The number of benzene rings is 8. The van der Waals surface area contributed by atoms with Gasteiger partial charge in [-0.25, -0.2) is 0 Å². The SMILES string of the molecule is N#Cc1cc(C#N)c(-n2c3ccccc3c3c4ccccc4ccc32)cc1-n1c2ccccc2c2cc(-n3c4ccccc4c4ccccc43)ccc21. The molecule has 0 aliphatic rings. The third kappa shape index (κ3) is 3.99. The van der Waals surface area contributed by atoms with Crippen LogP contribution in [0.25, 0.3) is 93.3 Å². The molecule has 0 spiro atoms. The van der Waals surface area contributed by atoms with Gasteiger partial charge in [0.2, 0.25) is 0 Å². The van der Waals surface area contributed by atoms with E-state index in [1.54, 1.807) is 6.07 Å². The van der Waals surface area contributed by atoms with Gasteiger partial charge in [0.15, 0.2) is 0 Å². The van der Waals surface area contributed by atoms with Crippen molar-refractivity contribution in [3.8, 4) is 29.2 Å². The summed E-state index contributed by atoms with van der Waals surface area (Å²) >= 11 is 0. The number of hydrogen-bond donors (Lipinski definition) is 0. The second kappa shape index (κ2) is 10.9. The van der Waals surface area contributed by atoms with Crippen LogP contribution in [-0.2, 0) is 0 Å². The maximum atomic E-state index is 10.7. The largest absolute Gasteiger partial charge is 0.309 e. The highest BCUT2D eigenvalue weighted by atomic mass is 15.0. The number of para-hydroxylation sites is 4. The lowest BCUT2D eigenvalue weighted by Gasteiger charge is -2.16. The Labute approximate surface area is 303 Å². The van der Waals surface area contributed by atoms with E-state index in [0.717, 1.165) is 82.5 Å². The summed E-state index contributed by atoms with van der Waals surface area (Å²) in [6.07, 6.45) is 0. The van der Waals surface area contributed by atoms with E-state index in [1.165, 1.54) is 10.8 Å². The molecule has 0 aliphatic heterocycles. The van der Waals surface area contributed by atoms with Gasteiger partial charge in [-0.3, -0.25) is 0 Å². The molecule has 0 radical (unpaired) electrons. The lowest BCUT2D eigenvalue weighted by Crippen LogP contribution is -2.04. The van der Waals surface area contributed by atoms with Crippen LogP contribution in [0, 0.1) is 22.7 Å². The van der Waals surface area contributed by atoms with Gasteiger partial charge < -0.3 is 13.7 Å². The minimum Gasteiger partial charge on any atom is -0.309 e. The first-order valence-electron chi connectivity index (χ1n) is 17.6. The van der Waals surface area contributed by atoms with Gasteiger partial charge in [0.25, 0.3) is 0 Å². The number of nitrogens with zero attached hydrogens (tertiary/aromatic N) is 5. The summed E-state index contributed by atoms with van der Waals surface area (Å²) in [5.41, 5.74) is 9.69. The van der Waals surface area contributed by atoms with E-state index in [-0.39, 0.29) is 0 Å². The molecule has 5 heteroatoms. The van der Waals surface area contributed by atoms with E-state index in [0.29, 0.717) is 11.1 Å². The van der Waals surface area contributed by atoms with Crippen LogP contribution >= 0.6 is 0 Å². The molecule has 244 valence electrons. The van der Waals surface area contributed by atoms with Crippen molar-refractivity contribution in [2.75, 3.05) is 0 Å². The fourth-order valence-corrected chi connectivity index (χ4v) is 8.69. The van der Waals surface area contributed by atoms with Crippen molar-refractivity contribution in [1.82, 2.24) is 13.7 Å². The van der Waals surface area contributed by atoms with E-state index in [1.807, 2.05) is 18.2 Å². The summed E-state index contributed by atoms with van der Waals surface area (Å²) < 4.78 is 6.71. The van der Waals surface area contributed by atoms with E-state index in [9.17, 15) is 10.5 Å². The van der Waals surface area contributed by atoms with Gasteiger partial charge in [0.05, 0.1) is 55.6 Å². The third-order valence-electron chi connectivity index (χ3n) is 10.9. The van der Waals surface area contributed by atoms with Crippen molar-refractivity contribution < 1.29 is 0 Å². The molecule has 5 nitrogen and oxygen atoms in total. The topological polar surface area (TPSA) is 62.4 Å². The van der Waals surface area contributed by atoms with Gasteiger partial charge in [-0.2, -0.15) is 10.5 Å². The van der Waals surface area contributed by atoms with Crippen LogP contribution in [0.2, 0.25) is 0 Å². The second-order valence-electron chi connectivity index (χ2n) is 13.6. The molecule has 0 saturated carbocycles. The molecule has 0 atom stereocenters. The zero-order valence-electron chi connectivity index (χ0n) is 28.3. The third-order valence-corrected chi connectivity index (χ3v) is 10.9. The predicted octanol–water partition coefficient (Wildman–Crippen LogP) is 11.9. The Hall–Kier alpha value is -7.60. The first kappa shape index (κ1) is 29.2. The van der Waals surface area contributed by atoms with Crippen molar-refractivity contribution in [3.05, 3.63) is 175 Å². The Morgan fingerprint density at radius 3 is 1.42 bits per heavy atom. The van der Waals surface area contributed by atoms with Crippen LogP contribution in [0.1, 0.15) is 11.1 Å². The summed E-state index contributed by atoms with van der Waals surface area (Å²) in [6.45, 7) is 0. The normalized spacial score (nSPS) is 11.7. The Morgan fingerprint density at radius 1 is 0.340 bits per heavy atom. The summed E-state index contributed by atoms with van der Waals surface area (Å²) in [5, 5.41) is 30.4. The molecule has 0 N–H and O–H groups in total. The maximum absolute atomic E-state index is 10.7. The summed E-state index contributed by atoms with van der Waals surface area (Å²) in [6, 6.07) is 61.8. The molecule has 0 bridgehead atoms. The highest BCUT2D eigenvalue weighted by molar-refractivity contribution is 6.21. The van der Waals surface area contributed by atoms with Crippen molar-refractivity contribution >= 4 is 76.2 Å². The molecule has 0 saturated heterocycles. The highest BCUT2D eigenvalue weighted by Crippen LogP contribution is 2.41. The number of aromatic nitrogens is 3. The van der Waals surface area contributed by atoms with E-state index in [2.05, 4.69) is 165 Å². The van der Waals surface area contributed by atoms with Crippen molar-refractivity contribution in [1.29, 1.82) is 10.5 Å². The molecule has 0 amide bonds. The average Bonchev–Trinajstić information content (AvgIpc) is 3.86. The smallest absolute Gasteiger partial charge is 0.101 e. The Kier molecular flexibility index (Phi) is 6.02. The monoisotopic (exact) mass is 673 g/mol. The van der Waals surface area contributed by atoms with Gasteiger partial charge >= 0.3 is 0 Å². The van der Waals surface area contributed by atoms with Gasteiger partial charge in [0, 0.05) is 38.0 Å². The molecular weight excluding hydrogens is 647 g/mol. The van der Waals surface area contributed by atoms with E-state index >= 15 is 0 Å². The summed E-state index contributed by atoms with van der Waals surface area (Å²) in [7, 11) is 0. The molecule has 11 aromatic rings. The highest BCUT2D eigenvalue weighted by Gasteiger charge is 2.22. The van der Waals surface area contributed by atoms with Crippen LogP contribution in [-0.4, -0.2) is 13.7 Å². The van der Waals surface area contributed by atoms with Crippen LogP contribution in [0.15, 0.2) is 164 Å². The average molecular weight is 674 g/mol. The molecule has 8 aromatic carbocycles. The first-order chi connectivity index (χ1) is 26.2. The standard InChI is InChI=1S/C48H27N5/c49-28-31-25-32(29-50)47(53-43-20-10-6-16-38(43)48-34-12-2-1-11-30(34)21-23-45(48)53)27-46(31)52-42-19-9-5-15-37(42)39-26-33(22-24-44(39)52)51-40-17-7-3-13-35(40)36-14-4-8-18-41(36)51/h1-27H. The number of fused-ring (bicyclic) bond motifs is 11. The summed E-state index contributed by atoms with van der Waals surface area (Å²) in [4.78, 5) is 0. The molecule has 0 unspecified atom stereocenters. The second-order valence-corrected chi connectivity index (χ2v) is 13.6. The van der Waals surface area contributed by atoms with Crippen molar-refractivity contribution in [2.45, 2.75) is 0 Å². The van der Waals surface area contributed by atoms with Crippen LogP contribution in [0.4, 0.5) is 0 Å². The Balaban J connectivity index is 1.21. The predicted molar refractivity (Wildman–Crippen MR) is 216 cm³/mol. The van der Waals surface area contributed by atoms with Crippen molar-refractivity contribution in [2.24, 2.45) is 0 Å². The lowest BCUT2D eigenvalue weighted by atomic mass is 10.0. The molecule has 11 rings (SSSR count). The zero-order valence-corrected chi connectivity index (χ0v) is 28.3. The van der Waals surface area contributed by atoms with Gasteiger partial charge in [-0.1, -0.05) is 103 Å². The van der Waals surface area contributed by atoms with E-state index in [4.69, 9.17) is 0 Å². The first-order valence-corrected chi connectivity index (χ1v) is 17.6. The Bertz CT molecular complexity index is 3380. The molecule has 3 aromatic heterocycles. The molecular formula is C48H27N5. The molecule has 53 heavy (non-hydrogen) atoms. The van der Waals surface area contributed by atoms with Gasteiger partial charge in [0.1, 0.15) is 12.1 Å².